The number of aliphatic carboxylic acids is 2. The van der Waals surface area contributed by atoms with E-state index in [4.69, 9.17) is 9.84 Å². The van der Waals surface area contributed by atoms with Gasteiger partial charge in [-0.25, -0.2) is 9.59 Å². The molecule has 1 fully saturated rings. The first-order valence-electron chi connectivity index (χ1n) is 10.3. The van der Waals surface area contributed by atoms with Gasteiger partial charge in [0, 0.05) is 30.6 Å². The van der Waals surface area contributed by atoms with Crippen LogP contribution < -0.4 is 10.1 Å². The quantitative estimate of drug-likeness (QED) is 0.631. The molecule has 0 saturated heterocycles. The van der Waals surface area contributed by atoms with Crippen LogP contribution in [0.15, 0.2) is 48.0 Å². The zero-order chi connectivity index (χ0) is 21.3. The van der Waals surface area contributed by atoms with Crippen LogP contribution in [0.3, 0.4) is 0 Å². The molecule has 3 N–H and O–H groups in total. The number of rotatable bonds is 6. The van der Waals surface area contributed by atoms with Crippen molar-refractivity contribution >= 4 is 11.9 Å². The summed E-state index contributed by atoms with van der Waals surface area (Å²) in [5, 5.41) is 22.0. The molecule has 158 valence electrons. The normalized spacial score (nSPS) is 22.0. The molecule has 2 aliphatic rings. The van der Waals surface area contributed by atoms with Gasteiger partial charge < -0.3 is 24.8 Å². The Balaban J connectivity index is 1.65. The average Bonchev–Trinajstić information content (AvgIpc) is 3.37. The fourth-order valence-electron chi connectivity index (χ4n) is 4.58. The molecular formula is C23H26N2O5. The maximum absolute atomic E-state index is 11.8. The summed E-state index contributed by atoms with van der Waals surface area (Å²) in [5.41, 5.74) is 1.39. The van der Waals surface area contributed by atoms with Crippen LogP contribution in [-0.2, 0) is 21.7 Å². The second kappa shape index (κ2) is 7.99. The molecule has 4 rings (SSSR count). The summed E-state index contributed by atoms with van der Waals surface area (Å²) >= 11 is 0. The highest BCUT2D eigenvalue weighted by Gasteiger charge is 2.40. The predicted octanol–water partition coefficient (Wildman–Crippen LogP) is 3.39. The van der Waals surface area contributed by atoms with Crippen molar-refractivity contribution in [3.63, 3.8) is 0 Å². The van der Waals surface area contributed by atoms with E-state index in [9.17, 15) is 14.7 Å². The number of carbonyl (C=O) groups is 2. The lowest BCUT2D eigenvalue weighted by Gasteiger charge is -2.37. The van der Waals surface area contributed by atoms with Crippen molar-refractivity contribution in [3.05, 3.63) is 53.7 Å². The molecule has 0 radical (unpaired) electrons. The number of carboxylic acids is 2. The standard InChI is InChI=1S/C23H26N2O5/c1-23(18(22(28)29)14-21(26)27)20-11-10-19(25(20)13-12-24-23)15-6-8-17(9-7-15)30-16-4-2-3-5-16/h6-11,14,16,24H,2-5,12-13H2,1H3,(H,26,27)(H,28,29). The number of hydrogen-bond donors (Lipinski definition) is 3. The van der Waals surface area contributed by atoms with E-state index in [2.05, 4.69) is 9.88 Å². The minimum Gasteiger partial charge on any atom is -0.490 e. The zero-order valence-corrected chi connectivity index (χ0v) is 16.9. The Bertz CT molecular complexity index is 986. The number of nitrogens with one attached hydrogen (secondary N) is 1. The molecule has 7 heteroatoms. The molecule has 2 aromatic rings. The van der Waals surface area contributed by atoms with Gasteiger partial charge in [0.15, 0.2) is 0 Å². The van der Waals surface area contributed by atoms with E-state index in [1.54, 1.807) is 6.92 Å². The van der Waals surface area contributed by atoms with Crippen LogP contribution in [-0.4, -0.2) is 39.4 Å². The topological polar surface area (TPSA) is 101 Å². The third-order valence-corrected chi connectivity index (χ3v) is 6.10. The first kappa shape index (κ1) is 20.2. The highest BCUT2D eigenvalue weighted by molar-refractivity contribution is 5.96. The van der Waals surface area contributed by atoms with Gasteiger partial charge in [-0.3, -0.25) is 0 Å². The van der Waals surface area contributed by atoms with E-state index in [0.717, 1.165) is 41.6 Å². The van der Waals surface area contributed by atoms with Crippen molar-refractivity contribution in [3.8, 4) is 17.0 Å². The summed E-state index contributed by atoms with van der Waals surface area (Å²) in [6.45, 7) is 2.90. The van der Waals surface area contributed by atoms with Crippen LogP contribution in [0, 0.1) is 0 Å². The van der Waals surface area contributed by atoms with Gasteiger partial charge in [0.05, 0.1) is 17.2 Å². The highest BCUT2D eigenvalue weighted by atomic mass is 16.5. The van der Waals surface area contributed by atoms with Gasteiger partial charge in [0.1, 0.15) is 5.75 Å². The smallest absolute Gasteiger partial charge is 0.334 e. The van der Waals surface area contributed by atoms with Crippen LogP contribution in [0.2, 0.25) is 0 Å². The molecule has 1 aliphatic heterocycles. The number of fused-ring (bicyclic) bond motifs is 1. The molecule has 1 aliphatic carbocycles. The number of benzene rings is 1. The summed E-state index contributed by atoms with van der Waals surface area (Å²) in [6.07, 6.45) is 5.73. The number of nitrogens with zero attached hydrogens (tertiary/aromatic N) is 1. The van der Waals surface area contributed by atoms with Gasteiger partial charge in [-0.2, -0.15) is 0 Å². The first-order valence-corrected chi connectivity index (χ1v) is 10.3. The maximum atomic E-state index is 11.8. The minimum absolute atomic E-state index is 0.194. The van der Waals surface area contributed by atoms with E-state index < -0.39 is 17.5 Å². The maximum Gasteiger partial charge on any atom is 0.334 e. The molecule has 1 aromatic carbocycles. The number of hydrogen-bond acceptors (Lipinski definition) is 4. The molecule has 2 heterocycles. The van der Waals surface area contributed by atoms with Crippen LogP contribution >= 0.6 is 0 Å². The van der Waals surface area contributed by atoms with Gasteiger partial charge in [-0.15, -0.1) is 0 Å². The molecule has 1 saturated carbocycles. The molecule has 0 spiro atoms. The monoisotopic (exact) mass is 410 g/mol. The second-order valence-electron chi connectivity index (χ2n) is 8.06. The van der Waals surface area contributed by atoms with Crippen LogP contribution in [0.5, 0.6) is 5.75 Å². The van der Waals surface area contributed by atoms with Crippen molar-refractivity contribution in [2.24, 2.45) is 0 Å². The number of aromatic nitrogens is 1. The Morgan fingerprint density at radius 2 is 1.83 bits per heavy atom. The summed E-state index contributed by atoms with van der Waals surface area (Å²) in [6, 6.07) is 11.8. The Morgan fingerprint density at radius 1 is 1.13 bits per heavy atom. The summed E-state index contributed by atoms with van der Waals surface area (Å²) in [5.74, 6) is -1.67. The lowest BCUT2D eigenvalue weighted by molar-refractivity contribution is -0.136. The minimum atomic E-state index is -1.28. The SMILES string of the molecule is CC1(C(=CC(=O)O)C(=O)O)NCCn2c(-c3ccc(OC4CCCC4)cc3)ccc21. The fourth-order valence-corrected chi connectivity index (χ4v) is 4.58. The number of carboxylic acid groups (broad SMARTS) is 2. The second-order valence-corrected chi connectivity index (χ2v) is 8.06. The van der Waals surface area contributed by atoms with Crippen molar-refractivity contribution in [2.75, 3.05) is 6.54 Å². The molecule has 7 nitrogen and oxygen atoms in total. The molecular weight excluding hydrogens is 384 g/mol. The van der Waals surface area contributed by atoms with Gasteiger partial charge in [0.25, 0.3) is 0 Å². The lowest BCUT2D eigenvalue weighted by atomic mass is 9.86. The zero-order valence-electron chi connectivity index (χ0n) is 16.9. The summed E-state index contributed by atoms with van der Waals surface area (Å²) in [7, 11) is 0. The van der Waals surface area contributed by atoms with E-state index in [1.165, 1.54) is 12.8 Å². The molecule has 30 heavy (non-hydrogen) atoms. The van der Waals surface area contributed by atoms with E-state index in [0.29, 0.717) is 19.2 Å². The summed E-state index contributed by atoms with van der Waals surface area (Å²) in [4.78, 5) is 23.0. The van der Waals surface area contributed by atoms with Gasteiger partial charge in [0.2, 0.25) is 0 Å². The molecule has 1 unspecified atom stereocenters. The van der Waals surface area contributed by atoms with Crippen molar-refractivity contribution in [1.29, 1.82) is 0 Å². The molecule has 0 bridgehead atoms. The third-order valence-electron chi connectivity index (χ3n) is 6.10. The molecule has 1 aromatic heterocycles. The molecule has 1 atom stereocenters. The Hall–Kier alpha value is -3.06. The highest BCUT2D eigenvalue weighted by Crippen LogP contribution is 2.36. The van der Waals surface area contributed by atoms with Gasteiger partial charge >= 0.3 is 11.9 Å². The Labute approximate surface area is 175 Å². The Morgan fingerprint density at radius 3 is 2.47 bits per heavy atom. The lowest BCUT2D eigenvalue weighted by Crippen LogP contribution is -2.50. The fraction of sp³-hybridized carbons (Fsp3) is 0.391. The first-order chi connectivity index (χ1) is 14.4. The Kier molecular flexibility index (Phi) is 5.39. The average molecular weight is 410 g/mol. The number of ether oxygens (including phenoxy) is 1. The molecule has 0 amide bonds. The van der Waals surface area contributed by atoms with Gasteiger partial charge in [-0.05, 0) is 74.6 Å². The van der Waals surface area contributed by atoms with Gasteiger partial charge in [-0.1, -0.05) is 0 Å². The van der Waals surface area contributed by atoms with Crippen LogP contribution in [0.4, 0.5) is 0 Å². The third kappa shape index (κ3) is 3.73. The van der Waals surface area contributed by atoms with Crippen molar-refractivity contribution in [1.82, 2.24) is 9.88 Å². The van der Waals surface area contributed by atoms with Crippen molar-refractivity contribution in [2.45, 2.75) is 50.8 Å². The summed E-state index contributed by atoms with van der Waals surface area (Å²) < 4.78 is 8.10. The van der Waals surface area contributed by atoms with Crippen LogP contribution in [0.1, 0.15) is 38.3 Å². The van der Waals surface area contributed by atoms with E-state index in [1.807, 2.05) is 36.4 Å². The van der Waals surface area contributed by atoms with E-state index >= 15 is 0 Å². The predicted molar refractivity (Wildman–Crippen MR) is 111 cm³/mol. The van der Waals surface area contributed by atoms with E-state index in [-0.39, 0.29) is 5.57 Å². The van der Waals surface area contributed by atoms with Crippen molar-refractivity contribution < 1.29 is 24.5 Å². The largest absolute Gasteiger partial charge is 0.490 e. The van der Waals surface area contributed by atoms with Crippen LogP contribution in [0.25, 0.3) is 11.3 Å².